The van der Waals surface area contributed by atoms with Crippen molar-refractivity contribution < 1.29 is 9.53 Å². The summed E-state index contributed by atoms with van der Waals surface area (Å²) in [5.41, 5.74) is 12.3. The average molecular weight is 259 g/mol. The number of Topliss-reactive ketones (excluding diaryl/α,β-unsaturated/α-hetero) is 1. The highest BCUT2D eigenvalue weighted by molar-refractivity contribution is 9.09. The summed E-state index contributed by atoms with van der Waals surface area (Å²) in [5, 5.41) is 0.212. The zero-order valence-corrected chi connectivity index (χ0v) is 9.30. The third-order valence-electron chi connectivity index (χ3n) is 1.84. The normalized spacial score (nSPS) is 9.86. The molecular formula is C9H11BrN2O2. The van der Waals surface area contributed by atoms with Crippen LogP contribution in [0, 0.1) is 0 Å². The molecule has 0 saturated heterocycles. The number of carbonyl (C=O) groups excluding carboxylic acids is 1. The van der Waals surface area contributed by atoms with Crippen LogP contribution in [0.2, 0.25) is 0 Å². The monoisotopic (exact) mass is 258 g/mol. The van der Waals surface area contributed by atoms with E-state index in [4.69, 9.17) is 16.2 Å². The third kappa shape index (κ3) is 1.98. The van der Waals surface area contributed by atoms with Gasteiger partial charge in [0.2, 0.25) is 0 Å². The second-order valence-corrected chi connectivity index (χ2v) is 3.30. The summed E-state index contributed by atoms with van der Waals surface area (Å²) < 4.78 is 4.98. The first-order chi connectivity index (χ1) is 6.60. The van der Waals surface area contributed by atoms with Crippen molar-refractivity contribution in [1.29, 1.82) is 0 Å². The van der Waals surface area contributed by atoms with Crippen LogP contribution >= 0.6 is 15.9 Å². The van der Waals surface area contributed by atoms with Crippen LogP contribution in [0.5, 0.6) is 5.75 Å². The number of ketones is 1. The first-order valence-electron chi connectivity index (χ1n) is 3.92. The van der Waals surface area contributed by atoms with Crippen molar-refractivity contribution in [3.63, 3.8) is 0 Å². The van der Waals surface area contributed by atoms with Crippen molar-refractivity contribution in [3.8, 4) is 5.75 Å². The molecular weight excluding hydrogens is 248 g/mol. The zero-order chi connectivity index (χ0) is 10.7. The van der Waals surface area contributed by atoms with Gasteiger partial charge in [0, 0.05) is 11.6 Å². The highest BCUT2D eigenvalue weighted by Gasteiger charge is 2.12. The third-order valence-corrected chi connectivity index (χ3v) is 2.35. The van der Waals surface area contributed by atoms with Crippen molar-refractivity contribution in [2.75, 3.05) is 23.9 Å². The maximum Gasteiger partial charge on any atom is 0.175 e. The van der Waals surface area contributed by atoms with Gasteiger partial charge in [-0.05, 0) is 6.07 Å². The number of nitrogen functional groups attached to an aromatic ring is 2. The minimum absolute atomic E-state index is 0.117. The number of carbonyl (C=O) groups is 1. The zero-order valence-electron chi connectivity index (χ0n) is 7.71. The van der Waals surface area contributed by atoms with Gasteiger partial charge in [-0.1, -0.05) is 15.9 Å². The summed E-state index contributed by atoms with van der Waals surface area (Å²) in [5.74, 6) is 0.411. The summed E-state index contributed by atoms with van der Waals surface area (Å²) in [6.07, 6.45) is 0. The number of rotatable bonds is 3. The molecule has 0 aromatic heterocycles. The molecule has 0 unspecified atom stereocenters. The first-order valence-corrected chi connectivity index (χ1v) is 5.04. The quantitative estimate of drug-likeness (QED) is 0.489. The lowest BCUT2D eigenvalue weighted by atomic mass is 10.1. The molecule has 0 saturated carbocycles. The van der Waals surface area contributed by atoms with Crippen molar-refractivity contribution in [1.82, 2.24) is 0 Å². The molecule has 14 heavy (non-hydrogen) atoms. The Bertz CT molecular complexity index is 366. The van der Waals surface area contributed by atoms with E-state index in [0.29, 0.717) is 22.7 Å². The molecule has 0 heterocycles. The van der Waals surface area contributed by atoms with E-state index in [0.717, 1.165) is 0 Å². The number of methoxy groups -OCH3 is 1. The maximum atomic E-state index is 11.4. The molecule has 4 N–H and O–H groups in total. The number of nitrogens with two attached hydrogens (primary N) is 2. The van der Waals surface area contributed by atoms with Gasteiger partial charge in [-0.2, -0.15) is 0 Å². The predicted molar refractivity (Wildman–Crippen MR) is 59.9 cm³/mol. The molecule has 0 aliphatic heterocycles. The Kier molecular flexibility index (Phi) is 3.35. The Morgan fingerprint density at radius 1 is 1.50 bits per heavy atom. The van der Waals surface area contributed by atoms with Crippen molar-refractivity contribution in [3.05, 3.63) is 17.7 Å². The van der Waals surface area contributed by atoms with Crippen molar-refractivity contribution in [2.24, 2.45) is 0 Å². The molecule has 0 fully saturated rings. The van der Waals surface area contributed by atoms with E-state index in [9.17, 15) is 4.79 Å². The predicted octanol–water partition coefficient (Wildman–Crippen LogP) is 1.44. The topological polar surface area (TPSA) is 78.3 Å². The van der Waals surface area contributed by atoms with E-state index in [2.05, 4.69) is 15.9 Å². The van der Waals surface area contributed by atoms with Gasteiger partial charge in [0.15, 0.2) is 5.78 Å². The van der Waals surface area contributed by atoms with Gasteiger partial charge < -0.3 is 16.2 Å². The number of halogens is 1. The fourth-order valence-corrected chi connectivity index (χ4v) is 1.37. The van der Waals surface area contributed by atoms with Gasteiger partial charge >= 0.3 is 0 Å². The highest BCUT2D eigenvalue weighted by atomic mass is 79.9. The summed E-state index contributed by atoms with van der Waals surface area (Å²) in [6.45, 7) is 0. The summed E-state index contributed by atoms with van der Waals surface area (Å²) in [4.78, 5) is 11.4. The van der Waals surface area contributed by atoms with Crippen LogP contribution in [0.25, 0.3) is 0 Å². The molecule has 5 heteroatoms. The number of hydrogen-bond acceptors (Lipinski definition) is 4. The minimum Gasteiger partial charge on any atom is -0.497 e. The molecule has 0 radical (unpaired) electrons. The lowest BCUT2D eigenvalue weighted by Gasteiger charge is -2.08. The average Bonchev–Trinajstić information content (AvgIpc) is 2.20. The fraction of sp³-hybridized carbons (Fsp3) is 0.222. The van der Waals surface area contributed by atoms with Gasteiger partial charge in [0.25, 0.3) is 0 Å². The Morgan fingerprint density at radius 2 is 2.14 bits per heavy atom. The summed E-state index contributed by atoms with van der Waals surface area (Å²) in [6, 6.07) is 3.16. The molecule has 0 aliphatic rings. The van der Waals surface area contributed by atoms with Gasteiger partial charge in [-0.25, -0.2) is 0 Å². The van der Waals surface area contributed by atoms with Crippen LogP contribution in [-0.2, 0) is 0 Å². The SMILES string of the molecule is COc1cc(N)c(N)c(C(=O)CBr)c1. The molecule has 0 amide bonds. The smallest absolute Gasteiger partial charge is 0.175 e. The number of anilines is 2. The van der Waals surface area contributed by atoms with Crippen LogP contribution in [-0.4, -0.2) is 18.2 Å². The number of benzene rings is 1. The van der Waals surface area contributed by atoms with Crippen LogP contribution in [0.4, 0.5) is 11.4 Å². The van der Waals surface area contributed by atoms with Crippen LogP contribution in [0.1, 0.15) is 10.4 Å². The molecule has 1 aromatic rings. The van der Waals surface area contributed by atoms with Gasteiger partial charge in [-0.15, -0.1) is 0 Å². The largest absolute Gasteiger partial charge is 0.497 e. The van der Waals surface area contributed by atoms with E-state index < -0.39 is 0 Å². The van der Waals surface area contributed by atoms with Crippen molar-refractivity contribution in [2.45, 2.75) is 0 Å². The Balaban J connectivity index is 3.27. The van der Waals surface area contributed by atoms with E-state index in [1.54, 1.807) is 12.1 Å². The van der Waals surface area contributed by atoms with Crippen LogP contribution in [0.3, 0.4) is 0 Å². The lowest BCUT2D eigenvalue weighted by Crippen LogP contribution is -2.07. The molecule has 0 atom stereocenters. The van der Waals surface area contributed by atoms with Crippen molar-refractivity contribution >= 4 is 33.1 Å². The van der Waals surface area contributed by atoms with E-state index in [1.165, 1.54) is 7.11 Å². The van der Waals surface area contributed by atoms with Crippen LogP contribution < -0.4 is 16.2 Å². The molecule has 1 rings (SSSR count). The van der Waals surface area contributed by atoms with E-state index >= 15 is 0 Å². The van der Waals surface area contributed by atoms with E-state index in [-0.39, 0.29) is 11.1 Å². The molecule has 0 aliphatic carbocycles. The van der Waals surface area contributed by atoms with Gasteiger partial charge in [0.1, 0.15) is 5.75 Å². The molecule has 1 aromatic carbocycles. The molecule has 0 bridgehead atoms. The maximum absolute atomic E-state index is 11.4. The van der Waals surface area contributed by atoms with E-state index in [1.807, 2.05) is 0 Å². The Morgan fingerprint density at radius 3 is 2.64 bits per heavy atom. The first kappa shape index (κ1) is 10.8. The van der Waals surface area contributed by atoms with Gasteiger partial charge in [0.05, 0.1) is 23.8 Å². The molecule has 76 valence electrons. The standard InChI is InChI=1S/C9H11BrN2O2/c1-14-5-2-6(8(13)4-10)9(12)7(11)3-5/h2-3H,4,11-12H2,1H3. The minimum atomic E-state index is -0.117. The highest BCUT2D eigenvalue weighted by Crippen LogP contribution is 2.27. The Hall–Kier alpha value is -1.23. The molecule has 0 spiro atoms. The summed E-state index contributed by atoms with van der Waals surface area (Å²) >= 11 is 3.07. The number of ether oxygens (including phenoxy) is 1. The number of alkyl halides is 1. The number of hydrogen-bond donors (Lipinski definition) is 2. The second-order valence-electron chi connectivity index (χ2n) is 2.73. The van der Waals surface area contributed by atoms with Crippen LogP contribution in [0.15, 0.2) is 12.1 Å². The Labute approximate surface area is 90.3 Å². The fourth-order valence-electron chi connectivity index (χ4n) is 1.07. The summed E-state index contributed by atoms with van der Waals surface area (Å²) in [7, 11) is 1.51. The van der Waals surface area contributed by atoms with Gasteiger partial charge in [-0.3, -0.25) is 4.79 Å². The molecule has 4 nitrogen and oxygen atoms in total. The second kappa shape index (κ2) is 4.32. The lowest BCUT2D eigenvalue weighted by molar-refractivity contribution is 0.102.